The largest absolute Gasteiger partial charge is 0.481 e. The Balaban J connectivity index is 0.000000261. The molecule has 5 N–H and O–H groups in total. The highest BCUT2D eigenvalue weighted by Crippen LogP contribution is 2.22. The van der Waals surface area contributed by atoms with E-state index in [1.54, 1.807) is 58.9 Å². The van der Waals surface area contributed by atoms with E-state index in [0.29, 0.717) is 6.61 Å². The van der Waals surface area contributed by atoms with E-state index in [1.807, 2.05) is 36.4 Å². The number of carboxylic acid groups (broad SMARTS) is 1. The van der Waals surface area contributed by atoms with Gasteiger partial charge in [-0.2, -0.15) is 0 Å². The van der Waals surface area contributed by atoms with Crippen molar-refractivity contribution in [1.82, 2.24) is 19.1 Å². The number of carbonyl (C=O) groups excluding carboxylic acids is 1. The highest BCUT2D eigenvalue weighted by atomic mass is 16.5. The van der Waals surface area contributed by atoms with Crippen LogP contribution in [0, 0.1) is 0 Å². The lowest BCUT2D eigenvalue weighted by Gasteiger charge is -2.20. The number of aliphatic carboxylic acids is 1. The van der Waals surface area contributed by atoms with E-state index in [1.165, 1.54) is 12.1 Å². The van der Waals surface area contributed by atoms with Gasteiger partial charge in [-0.1, -0.05) is 60.7 Å². The number of anilines is 2. The number of nitrogens with zero attached hydrogens (tertiary/aromatic N) is 2. The van der Waals surface area contributed by atoms with Crippen molar-refractivity contribution in [2.75, 3.05) is 17.2 Å². The van der Waals surface area contributed by atoms with Gasteiger partial charge in [-0.05, 0) is 45.7 Å². The summed E-state index contributed by atoms with van der Waals surface area (Å²) in [7, 11) is 0. The van der Waals surface area contributed by atoms with Crippen LogP contribution >= 0.6 is 0 Å². The summed E-state index contributed by atoms with van der Waals surface area (Å²) in [5, 5.41) is 15.1. The normalized spacial score (nSPS) is 12.1. The van der Waals surface area contributed by atoms with Crippen molar-refractivity contribution in [2.45, 2.75) is 71.6 Å². The van der Waals surface area contributed by atoms with E-state index in [-0.39, 0.29) is 42.5 Å². The molecule has 0 bridgehead atoms. The van der Waals surface area contributed by atoms with Crippen LogP contribution in [0.15, 0.2) is 92.0 Å². The van der Waals surface area contributed by atoms with E-state index >= 15 is 0 Å². The fraction of sp³-hybridized carbons (Fsp3) is 0.353. The van der Waals surface area contributed by atoms with Gasteiger partial charge in [-0.25, -0.2) is 9.59 Å². The number of H-pyrrole nitrogens is 2. The molecule has 0 saturated carbocycles. The average Bonchev–Trinajstić information content (AvgIpc) is 3.00. The van der Waals surface area contributed by atoms with Gasteiger partial charge in [0.05, 0.1) is 31.5 Å². The van der Waals surface area contributed by atoms with E-state index in [9.17, 15) is 28.8 Å². The molecule has 0 amide bonds. The van der Waals surface area contributed by atoms with Gasteiger partial charge in [0.15, 0.2) is 0 Å². The topological polar surface area (TPSA) is 197 Å². The molecule has 256 valence electrons. The molecule has 0 aliphatic heterocycles. The van der Waals surface area contributed by atoms with E-state index in [0.717, 1.165) is 20.3 Å². The van der Waals surface area contributed by atoms with Crippen LogP contribution in [0.5, 0.6) is 0 Å². The number of aromatic nitrogens is 4. The van der Waals surface area contributed by atoms with Gasteiger partial charge in [-0.3, -0.25) is 38.3 Å². The Labute approximate surface area is 276 Å². The molecule has 4 aromatic rings. The van der Waals surface area contributed by atoms with Crippen LogP contribution in [0.25, 0.3) is 0 Å². The van der Waals surface area contributed by atoms with Gasteiger partial charge in [0.1, 0.15) is 11.6 Å². The summed E-state index contributed by atoms with van der Waals surface area (Å²) in [5.41, 5.74) is -0.254. The second-order valence-corrected chi connectivity index (χ2v) is 11.4. The van der Waals surface area contributed by atoms with Crippen molar-refractivity contribution in [3.63, 3.8) is 0 Å². The Kier molecular flexibility index (Phi) is 13.3. The van der Waals surface area contributed by atoms with Crippen LogP contribution in [0.3, 0.4) is 0 Å². The van der Waals surface area contributed by atoms with Gasteiger partial charge in [-0.15, -0.1) is 0 Å². The highest BCUT2D eigenvalue weighted by Gasteiger charge is 2.19. The molecule has 0 aliphatic rings. The lowest BCUT2D eigenvalue weighted by atomic mass is 10.0. The van der Waals surface area contributed by atoms with Gasteiger partial charge in [0.2, 0.25) is 0 Å². The Morgan fingerprint density at radius 3 is 1.44 bits per heavy atom. The molecular formula is C34H42N6O8. The van der Waals surface area contributed by atoms with E-state index < -0.39 is 40.6 Å². The number of hydrogen-bond acceptors (Lipinski definition) is 9. The van der Waals surface area contributed by atoms with Crippen molar-refractivity contribution in [2.24, 2.45) is 0 Å². The first-order valence-electron chi connectivity index (χ1n) is 15.5. The molecule has 0 fully saturated rings. The summed E-state index contributed by atoms with van der Waals surface area (Å²) in [6.45, 7) is 9.03. The number of nitrogens with one attached hydrogen (secondary N) is 4. The van der Waals surface area contributed by atoms with Crippen LogP contribution in [0.4, 0.5) is 11.6 Å². The maximum absolute atomic E-state index is 12.2. The van der Waals surface area contributed by atoms with Crippen LogP contribution in [0.1, 0.15) is 82.8 Å². The molecular weight excluding hydrogens is 620 g/mol. The predicted octanol–water partition coefficient (Wildman–Crippen LogP) is 3.97. The first-order chi connectivity index (χ1) is 22.8. The molecule has 14 heteroatoms. The molecule has 0 aliphatic carbocycles. The molecule has 0 spiro atoms. The zero-order chi connectivity index (χ0) is 35.4. The van der Waals surface area contributed by atoms with E-state index in [2.05, 4.69) is 20.6 Å². The Morgan fingerprint density at radius 2 is 1.10 bits per heavy atom. The smallest absolute Gasteiger partial charge is 0.330 e. The number of esters is 1. The van der Waals surface area contributed by atoms with Crippen LogP contribution in [-0.4, -0.2) is 42.8 Å². The SMILES string of the molecule is CC(C)n1c(=O)cc(N[C@H](CC(=O)O)c2ccccc2)[nH]c1=O.CCOC(=O)C[C@@H](Nc1cc(=O)n(C(C)C)c(=O)[nH]1)c1ccccc1. The fourth-order valence-corrected chi connectivity index (χ4v) is 4.95. The number of carbonyl (C=O) groups is 2. The Bertz CT molecular complexity index is 1830. The van der Waals surface area contributed by atoms with Gasteiger partial charge in [0.25, 0.3) is 11.1 Å². The maximum atomic E-state index is 12.2. The number of hydrogen-bond donors (Lipinski definition) is 5. The van der Waals surface area contributed by atoms with E-state index in [4.69, 9.17) is 9.84 Å². The molecule has 2 atom stereocenters. The zero-order valence-electron chi connectivity index (χ0n) is 27.6. The summed E-state index contributed by atoms with van der Waals surface area (Å²) >= 11 is 0. The molecule has 14 nitrogen and oxygen atoms in total. The molecule has 0 unspecified atom stereocenters. The lowest BCUT2D eigenvalue weighted by Crippen LogP contribution is -2.36. The molecule has 0 radical (unpaired) electrons. The Morgan fingerprint density at radius 1 is 0.708 bits per heavy atom. The minimum absolute atomic E-state index is 0.0765. The standard InChI is InChI=1S/C18H23N3O4.C16H19N3O4/c1-4-25-17(23)10-14(13-8-6-5-7-9-13)19-15-11-16(22)21(12(2)3)18(24)20-15;1-10(2)19-14(20)9-13(18-16(19)23)17-12(8-15(21)22)11-6-4-3-5-7-11/h5-9,11-12,14,19H,4,10H2,1-3H3,(H,20,24);3-7,9-10,12,17H,8H2,1-2H3,(H,18,23)(H,21,22)/t14-;12-/m11/s1. The van der Waals surface area contributed by atoms with Crippen LogP contribution in [-0.2, 0) is 14.3 Å². The molecule has 2 aromatic heterocycles. The number of aromatic amines is 2. The summed E-state index contributed by atoms with van der Waals surface area (Å²) < 4.78 is 7.24. The van der Waals surface area contributed by atoms with Crippen LogP contribution in [0.2, 0.25) is 0 Å². The quantitative estimate of drug-likeness (QED) is 0.131. The highest BCUT2D eigenvalue weighted by molar-refractivity contribution is 5.71. The van der Waals surface area contributed by atoms with Crippen molar-refractivity contribution in [3.05, 3.63) is 126 Å². The fourth-order valence-electron chi connectivity index (χ4n) is 4.95. The molecule has 0 saturated heterocycles. The summed E-state index contributed by atoms with van der Waals surface area (Å²) in [6, 6.07) is 19.4. The van der Waals surface area contributed by atoms with Crippen molar-refractivity contribution < 1.29 is 19.4 Å². The first kappa shape index (κ1) is 36.8. The Hall–Kier alpha value is -5.66. The number of ether oxygens (including phenoxy) is 1. The predicted molar refractivity (Wildman–Crippen MR) is 183 cm³/mol. The van der Waals surface area contributed by atoms with Gasteiger partial charge < -0.3 is 20.5 Å². The second kappa shape index (κ2) is 17.3. The summed E-state index contributed by atoms with van der Waals surface area (Å²) in [5.74, 6) is -0.872. The molecule has 4 rings (SSSR count). The van der Waals surface area contributed by atoms with Crippen molar-refractivity contribution in [3.8, 4) is 0 Å². The molecule has 2 heterocycles. The second-order valence-electron chi connectivity index (χ2n) is 11.4. The maximum Gasteiger partial charge on any atom is 0.330 e. The molecule has 2 aromatic carbocycles. The lowest BCUT2D eigenvalue weighted by molar-refractivity contribution is -0.143. The summed E-state index contributed by atoms with van der Waals surface area (Å²) in [6.07, 6.45) is -0.105. The van der Waals surface area contributed by atoms with Crippen LogP contribution < -0.4 is 33.1 Å². The average molecular weight is 663 g/mol. The van der Waals surface area contributed by atoms with Crippen molar-refractivity contribution in [1.29, 1.82) is 0 Å². The number of benzene rings is 2. The monoisotopic (exact) mass is 662 g/mol. The number of carboxylic acids is 1. The van der Waals surface area contributed by atoms with Crippen molar-refractivity contribution >= 4 is 23.6 Å². The minimum Gasteiger partial charge on any atom is -0.481 e. The third-order valence-electron chi connectivity index (χ3n) is 7.08. The summed E-state index contributed by atoms with van der Waals surface area (Å²) in [4.78, 5) is 76.5. The third kappa shape index (κ3) is 10.4. The zero-order valence-corrected chi connectivity index (χ0v) is 27.6. The number of rotatable bonds is 13. The first-order valence-corrected chi connectivity index (χ1v) is 15.5. The molecule has 48 heavy (non-hydrogen) atoms. The third-order valence-corrected chi connectivity index (χ3v) is 7.08. The minimum atomic E-state index is -0.982. The van der Waals surface area contributed by atoms with Gasteiger partial charge >= 0.3 is 23.3 Å². The van der Waals surface area contributed by atoms with Gasteiger partial charge in [0, 0.05) is 24.2 Å².